The summed E-state index contributed by atoms with van der Waals surface area (Å²) in [6.07, 6.45) is 0.798. The molecule has 18 heavy (non-hydrogen) atoms. The van der Waals surface area contributed by atoms with Crippen LogP contribution in [0.4, 0.5) is 0 Å². The van der Waals surface area contributed by atoms with Gasteiger partial charge in [0.25, 0.3) is 5.56 Å². The van der Waals surface area contributed by atoms with Gasteiger partial charge in [-0.25, -0.2) is 4.79 Å². The molecule has 0 spiro atoms. The first-order valence-electron chi connectivity index (χ1n) is 5.28. The fraction of sp³-hybridized carbons (Fsp3) is 0.600. The third kappa shape index (κ3) is 5.23. The van der Waals surface area contributed by atoms with E-state index in [9.17, 15) is 9.59 Å². The SMILES string of the molecule is CO.O=c1ccn(C(CCO)OCCO)c(=O)[nH]1. The summed E-state index contributed by atoms with van der Waals surface area (Å²) in [4.78, 5) is 24.3. The second-order valence-electron chi connectivity index (χ2n) is 3.08. The number of hydrogen-bond donors (Lipinski definition) is 4. The Morgan fingerprint density at radius 2 is 2.00 bits per heavy atom. The minimum absolute atomic E-state index is 0.0518. The molecule has 0 bridgehead atoms. The van der Waals surface area contributed by atoms with E-state index in [0.717, 1.165) is 11.7 Å². The van der Waals surface area contributed by atoms with Gasteiger partial charge in [0.1, 0.15) is 6.23 Å². The number of aromatic nitrogens is 2. The van der Waals surface area contributed by atoms with Gasteiger partial charge in [0.2, 0.25) is 0 Å². The highest BCUT2D eigenvalue weighted by Gasteiger charge is 2.12. The standard InChI is InChI=1S/C9H14N2O5.CH4O/c12-4-2-8(16-6-5-13)11-3-1-7(14)10-9(11)15;1-2/h1,3,8,12-13H,2,4-6H2,(H,10,14,15);2H,1H3. The van der Waals surface area contributed by atoms with Gasteiger partial charge in [0.15, 0.2) is 0 Å². The summed E-state index contributed by atoms with van der Waals surface area (Å²) in [6, 6.07) is 1.19. The summed E-state index contributed by atoms with van der Waals surface area (Å²) in [5.41, 5.74) is -1.10. The van der Waals surface area contributed by atoms with E-state index < -0.39 is 17.5 Å². The molecule has 8 heteroatoms. The molecule has 1 rings (SSSR count). The smallest absolute Gasteiger partial charge is 0.330 e. The molecule has 0 saturated carbocycles. The molecule has 0 saturated heterocycles. The summed E-state index contributed by atoms with van der Waals surface area (Å²) in [7, 11) is 1.00. The lowest BCUT2D eigenvalue weighted by Gasteiger charge is -2.18. The Kier molecular flexibility index (Phi) is 8.76. The highest BCUT2D eigenvalue weighted by Crippen LogP contribution is 2.08. The van der Waals surface area contributed by atoms with Gasteiger partial charge in [-0.05, 0) is 0 Å². The molecule has 1 aromatic heterocycles. The maximum atomic E-state index is 11.4. The van der Waals surface area contributed by atoms with Gasteiger partial charge in [0.05, 0.1) is 13.2 Å². The van der Waals surface area contributed by atoms with Crippen LogP contribution in [0.25, 0.3) is 0 Å². The van der Waals surface area contributed by atoms with Crippen molar-refractivity contribution in [1.82, 2.24) is 9.55 Å². The van der Waals surface area contributed by atoms with Crippen molar-refractivity contribution in [3.63, 3.8) is 0 Å². The number of H-pyrrole nitrogens is 1. The first kappa shape index (κ1) is 16.5. The van der Waals surface area contributed by atoms with Gasteiger partial charge in [-0.1, -0.05) is 0 Å². The Morgan fingerprint density at radius 1 is 1.33 bits per heavy atom. The van der Waals surface area contributed by atoms with Crippen LogP contribution in [0.1, 0.15) is 12.6 Å². The van der Waals surface area contributed by atoms with E-state index in [-0.39, 0.29) is 26.2 Å². The summed E-state index contributed by atoms with van der Waals surface area (Å²) >= 11 is 0. The van der Waals surface area contributed by atoms with E-state index in [4.69, 9.17) is 20.1 Å². The number of nitrogens with zero attached hydrogens (tertiary/aromatic N) is 1. The number of aliphatic hydroxyl groups is 3. The van der Waals surface area contributed by atoms with Crippen molar-refractivity contribution in [2.24, 2.45) is 0 Å². The zero-order valence-corrected chi connectivity index (χ0v) is 10.1. The Balaban J connectivity index is 0.00000137. The molecule has 104 valence electrons. The molecule has 0 radical (unpaired) electrons. The van der Waals surface area contributed by atoms with Crippen LogP contribution in [0, 0.1) is 0 Å². The minimum atomic E-state index is -0.693. The first-order chi connectivity index (χ1) is 8.69. The fourth-order valence-electron chi connectivity index (χ4n) is 1.26. The van der Waals surface area contributed by atoms with Crippen LogP contribution in [0.15, 0.2) is 21.9 Å². The van der Waals surface area contributed by atoms with Crippen molar-refractivity contribution in [1.29, 1.82) is 0 Å². The van der Waals surface area contributed by atoms with Crippen LogP contribution in [-0.4, -0.2) is 51.8 Å². The molecule has 1 atom stereocenters. The quantitative estimate of drug-likeness (QED) is 0.471. The van der Waals surface area contributed by atoms with Gasteiger partial charge in [0, 0.05) is 32.4 Å². The summed E-state index contributed by atoms with van der Waals surface area (Å²) in [5.74, 6) is 0. The van der Waals surface area contributed by atoms with E-state index in [1.807, 2.05) is 0 Å². The third-order valence-electron chi connectivity index (χ3n) is 1.94. The van der Waals surface area contributed by atoms with Gasteiger partial charge in [-0.15, -0.1) is 0 Å². The lowest BCUT2D eigenvalue weighted by Crippen LogP contribution is -2.33. The second-order valence-corrected chi connectivity index (χ2v) is 3.08. The monoisotopic (exact) mass is 262 g/mol. The average molecular weight is 262 g/mol. The molecule has 0 aliphatic heterocycles. The Hall–Kier alpha value is -1.48. The normalized spacial score (nSPS) is 11.6. The molecule has 1 heterocycles. The number of nitrogens with one attached hydrogen (secondary N) is 1. The highest BCUT2D eigenvalue weighted by atomic mass is 16.5. The zero-order valence-electron chi connectivity index (χ0n) is 10.1. The minimum Gasteiger partial charge on any atom is -0.400 e. The molecule has 0 amide bonds. The van der Waals surface area contributed by atoms with Crippen molar-refractivity contribution in [2.45, 2.75) is 12.6 Å². The van der Waals surface area contributed by atoms with Crippen LogP contribution < -0.4 is 11.2 Å². The Bertz CT molecular complexity index is 427. The average Bonchev–Trinajstić information content (AvgIpc) is 2.37. The van der Waals surface area contributed by atoms with Crippen LogP contribution in [0.5, 0.6) is 0 Å². The molecular formula is C10H18N2O6. The van der Waals surface area contributed by atoms with Crippen molar-refractivity contribution >= 4 is 0 Å². The Labute approximate surface area is 103 Å². The summed E-state index contributed by atoms with van der Waals surface area (Å²) < 4.78 is 6.33. The summed E-state index contributed by atoms with van der Waals surface area (Å²) in [6.45, 7) is -0.294. The number of hydrogen-bond acceptors (Lipinski definition) is 6. The zero-order chi connectivity index (χ0) is 14.0. The predicted molar refractivity (Wildman–Crippen MR) is 63.2 cm³/mol. The first-order valence-corrected chi connectivity index (χ1v) is 5.28. The van der Waals surface area contributed by atoms with Gasteiger partial charge < -0.3 is 20.1 Å². The number of aromatic amines is 1. The van der Waals surface area contributed by atoms with E-state index in [2.05, 4.69) is 4.98 Å². The molecule has 0 aromatic carbocycles. The Morgan fingerprint density at radius 3 is 2.50 bits per heavy atom. The topological polar surface area (TPSA) is 125 Å². The van der Waals surface area contributed by atoms with Crippen LogP contribution >= 0.6 is 0 Å². The van der Waals surface area contributed by atoms with Crippen molar-refractivity contribution in [3.05, 3.63) is 33.1 Å². The molecule has 8 nitrogen and oxygen atoms in total. The van der Waals surface area contributed by atoms with E-state index >= 15 is 0 Å². The third-order valence-corrected chi connectivity index (χ3v) is 1.94. The predicted octanol–water partition coefficient (Wildman–Crippen LogP) is -1.96. The largest absolute Gasteiger partial charge is 0.400 e. The van der Waals surface area contributed by atoms with Gasteiger partial charge in [-0.2, -0.15) is 0 Å². The highest BCUT2D eigenvalue weighted by molar-refractivity contribution is 4.84. The van der Waals surface area contributed by atoms with Crippen LogP contribution in [0.3, 0.4) is 0 Å². The molecule has 1 unspecified atom stereocenters. The van der Waals surface area contributed by atoms with Gasteiger partial charge in [-0.3, -0.25) is 14.3 Å². The van der Waals surface area contributed by atoms with E-state index in [1.54, 1.807) is 0 Å². The lowest BCUT2D eigenvalue weighted by atomic mass is 10.4. The number of ether oxygens (including phenoxy) is 1. The van der Waals surface area contributed by atoms with Crippen molar-refractivity contribution in [2.75, 3.05) is 26.9 Å². The maximum Gasteiger partial charge on any atom is 0.330 e. The van der Waals surface area contributed by atoms with Crippen molar-refractivity contribution in [3.8, 4) is 0 Å². The molecule has 0 aliphatic carbocycles. The molecular weight excluding hydrogens is 244 g/mol. The van der Waals surface area contributed by atoms with Gasteiger partial charge >= 0.3 is 5.69 Å². The molecule has 0 aliphatic rings. The maximum absolute atomic E-state index is 11.4. The van der Waals surface area contributed by atoms with E-state index in [1.165, 1.54) is 12.3 Å². The second kappa shape index (κ2) is 9.54. The molecule has 1 aromatic rings. The number of rotatable bonds is 6. The molecule has 0 fully saturated rings. The summed E-state index contributed by atoms with van der Waals surface area (Å²) in [5, 5.41) is 24.4. The fourth-order valence-corrected chi connectivity index (χ4v) is 1.26. The van der Waals surface area contributed by atoms with Crippen molar-refractivity contribution < 1.29 is 20.1 Å². The van der Waals surface area contributed by atoms with Crippen LogP contribution in [0.2, 0.25) is 0 Å². The van der Waals surface area contributed by atoms with E-state index in [0.29, 0.717) is 0 Å². The number of aliphatic hydroxyl groups excluding tert-OH is 3. The lowest BCUT2D eigenvalue weighted by molar-refractivity contribution is -0.0308. The molecule has 4 N–H and O–H groups in total. The van der Waals surface area contributed by atoms with Crippen LogP contribution in [-0.2, 0) is 4.74 Å².